The third kappa shape index (κ3) is 2.07. The average molecular weight is 196 g/mol. The van der Waals surface area contributed by atoms with Crippen molar-refractivity contribution in [1.82, 2.24) is 4.98 Å². The molecule has 3 nitrogen and oxygen atoms in total. The number of halogens is 1. The van der Waals surface area contributed by atoms with Crippen LogP contribution in [-0.4, -0.2) is 16.4 Å². The molecule has 4 heteroatoms. The topological polar surface area (TPSA) is 45.5 Å². The minimum atomic E-state index is -0.477. The zero-order valence-corrected chi connectivity index (χ0v) is 8.45. The zero-order valence-electron chi connectivity index (χ0n) is 8.45. The molecule has 0 bridgehead atoms. The summed E-state index contributed by atoms with van der Waals surface area (Å²) in [5.74, 6) is -0.477. The monoisotopic (exact) mass is 196 g/mol. The summed E-state index contributed by atoms with van der Waals surface area (Å²) < 4.78 is 13.3. The van der Waals surface area contributed by atoms with E-state index in [1.807, 2.05) is 20.8 Å². The lowest BCUT2D eigenvalue weighted by Crippen LogP contribution is -2.15. The van der Waals surface area contributed by atoms with Gasteiger partial charge in [-0.1, -0.05) is 25.9 Å². The maximum Gasteiger partial charge on any atom is 0.150 e. The fourth-order valence-electron chi connectivity index (χ4n) is 1.23. The quantitative estimate of drug-likeness (QED) is 0.425. The van der Waals surface area contributed by atoms with E-state index < -0.39 is 5.82 Å². The van der Waals surface area contributed by atoms with E-state index in [4.69, 9.17) is 5.21 Å². The molecule has 0 aliphatic heterocycles. The Bertz CT molecular complexity index is 356. The highest BCUT2D eigenvalue weighted by Gasteiger charge is 2.19. The lowest BCUT2D eigenvalue weighted by atomic mass is 9.85. The van der Waals surface area contributed by atoms with E-state index in [-0.39, 0.29) is 11.0 Å². The summed E-state index contributed by atoms with van der Waals surface area (Å²) in [4.78, 5) is 3.78. The molecule has 1 heterocycles. The molecule has 0 fully saturated rings. The van der Waals surface area contributed by atoms with Gasteiger partial charge in [-0.15, -0.1) is 0 Å². The molecule has 0 atom stereocenters. The van der Waals surface area contributed by atoms with Gasteiger partial charge in [0.15, 0.2) is 5.82 Å². The summed E-state index contributed by atoms with van der Waals surface area (Å²) >= 11 is 0. The first-order valence-corrected chi connectivity index (χ1v) is 4.28. The Kier molecular flexibility index (Phi) is 2.84. The van der Waals surface area contributed by atoms with E-state index in [0.29, 0.717) is 0 Å². The molecule has 1 aromatic heterocycles. The van der Waals surface area contributed by atoms with Crippen LogP contribution in [0.3, 0.4) is 0 Å². The van der Waals surface area contributed by atoms with Gasteiger partial charge in [0.1, 0.15) is 0 Å². The molecule has 0 aliphatic carbocycles. The SMILES string of the molecule is CC(C)(C)c1cncc(F)c1C=NO. The van der Waals surface area contributed by atoms with E-state index >= 15 is 0 Å². The van der Waals surface area contributed by atoms with E-state index in [2.05, 4.69) is 10.1 Å². The van der Waals surface area contributed by atoms with Crippen molar-refractivity contribution in [3.05, 3.63) is 29.3 Å². The second-order valence-electron chi connectivity index (χ2n) is 4.08. The van der Waals surface area contributed by atoms with Crippen LogP contribution < -0.4 is 0 Å². The van der Waals surface area contributed by atoms with Crippen molar-refractivity contribution in [2.24, 2.45) is 5.16 Å². The summed E-state index contributed by atoms with van der Waals surface area (Å²) in [6.45, 7) is 5.83. The fourth-order valence-corrected chi connectivity index (χ4v) is 1.23. The molecule has 1 N–H and O–H groups in total. The first kappa shape index (κ1) is 10.6. The van der Waals surface area contributed by atoms with Crippen LogP contribution >= 0.6 is 0 Å². The summed E-state index contributed by atoms with van der Waals surface area (Å²) in [6, 6.07) is 0. The van der Waals surface area contributed by atoms with Crippen molar-refractivity contribution in [2.45, 2.75) is 26.2 Å². The number of aromatic nitrogens is 1. The van der Waals surface area contributed by atoms with Crippen LogP contribution in [0.1, 0.15) is 31.9 Å². The Labute approximate surface area is 82.3 Å². The maximum atomic E-state index is 13.3. The van der Waals surface area contributed by atoms with Crippen LogP contribution in [0.2, 0.25) is 0 Å². The van der Waals surface area contributed by atoms with Crippen LogP contribution in [0.15, 0.2) is 17.5 Å². The van der Waals surface area contributed by atoms with Gasteiger partial charge in [-0.2, -0.15) is 0 Å². The van der Waals surface area contributed by atoms with Gasteiger partial charge in [0.05, 0.1) is 12.4 Å². The third-order valence-electron chi connectivity index (χ3n) is 1.93. The number of hydrogen-bond acceptors (Lipinski definition) is 3. The Hall–Kier alpha value is -1.45. The molecule has 14 heavy (non-hydrogen) atoms. The van der Waals surface area contributed by atoms with Gasteiger partial charge >= 0.3 is 0 Å². The van der Waals surface area contributed by atoms with Gasteiger partial charge in [-0.05, 0) is 11.0 Å². The van der Waals surface area contributed by atoms with E-state index in [1.165, 1.54) is 0 Å². The molecule has 0 saturated carbocycles. The average Bonchev–Trinajstić information content (AvgIpc) is 2.07. The molecule has 0 amide bonds. The summed E-state index contributed by atoms with van der Waals surface area (Å²) in [5, 5.41) is 11.3. The highest BCUT2D eigenvalue weighted by Crippen LogP contribution is 2.25. The van der Waals surface area contributed by atoms with Crippen LogP contribution in [0, 0.1) is 5.82 Å². The summed E-state index contributed by atoms with van der Waals surface area (Å²) in [7, 11) is 0. The summed E-state index contributed by atoms with van der Waals surface area (Å²) in [6.07, 6.45) is 3.78. The van der Waals surface area contributed by atoms with Crippen molar-refractivity contribution in [1.29, 1.82) is 0 Å². The molecule has 0 unspecified atom stereocenters. The van der Waals surface area contributed by atoms with Crippen LogP contribution in [0.5, 0.6) is 0 Å². The Morgan fingerprint density at radius 1 is 1.43 bits per heavy atom. The fraction of sp³-hybridized carbons (Fsp3) is 0.400. The Morgan fingerprint density at radius 2 is 2.07 bits per heavy atom. The molecule has 76 valence electrons. The van der Waals surface area contributed by atoms with Gasteiger partial charge in [-0.3, -0.25) is 4.98 Å². The minimum Gasteiger partial charge on any atom is -0.411 e. The molecule has 0 aliphatic rings. The standard InChI is InChI=1S/C10H13FN2O/c1-10(2,3)8-5-12-6-9(11)7(8)4-13-14/h4-6,14H,1-3H3. The molecule has 0 aromatic carbocycles. The molecular weight excluding hydrogens is 183 g/mol. The predicted octanol–water partition coefficient (Wildman–Crippen LogP) is 2.33. The number of rotatable bonds is 1. The van der Waals surface area contributed by atoms with Crippen molar-refractivity contribution < 1.29 is 9.60 Å². The maximum absolute atomic E-state index is 13.3. The van der Waals surface area contributed by atoms with Gasteiger partial charge in [0.25, 0.3) is 0 Å². The van der Waals surface area contributed by atoms with Crippen LogP contribution in [0.25, 0.3) is 0 Å². The molecule has 1 aromatic rings. The zero-order chi connectivity index (χ0) is 10.8. The largest absolute Gasteiger partial charge is 0.411 e. The molecule has 0 spiro atoms. The lowest BCUT2D eigenvalue weighted by Gasteiger charge is -2.20. The first-order chi connectivity index (χ1) is 6.46. The minimum absolute atomic E-state index is 0.231. The smallest absolute Gasteiger partial charge is 0.150 e. The highest BCUT2D eigenvalue weighted by atomic mass is 19.1. The van der Waals surface area contributed by atoms with Crippen LogP contribution in [-0.2, 0) is 5.41 Å². The van der Waals surface area contributed by atoms with E-state index in [1.54, 1.807) is 6.20 Å². The predicted molar refractivity (Wildman–Crippen MR) is 52.3 cm³/mol. The third-order valence-corrected chi connectivity index (χ3v) is 1.93. The Balaban J connectivity index is 3.36. The molecular formula is C10H13FN2O. The molecule has 0 saturated heterocycles. The Morgan fingerprint density at radius 3 is 2.57 bits per heavy atom. The van der Waals surface area contributed by atoms with Gasteiger partial charge in [-0.25, -0.2) is 4.39 Å². The highest BCUT2D eigenvalue weighted by molar-refractivity contribution is 5.81. The summed E-state index contributed by atoms with van der Waals surface area (Å²) in [5.41, 5.74) is 0.774. The number of pyridine rings is 1. The number of nitrogens with zero attached hydrogens (tertiary/aromatic N) is 2. The van der Waals surface area contributed by atoms with Gasteiger partial charge in [0, 0.05) is 11.8 Å². The van der Waals surface area contributed by atoms with Gasteiger partial charge in [0.2, 0.25) is 0 Å². The normalized spacial score (nSPS) is 12.3. The van der Waals surface area contributed by atoms with Crippen molar-refractivity contribution in [3.8, 4) is 0 Å². The number of oxime groups is 1. The van der Waals surface area contributed by atoms with Crippen molar-refractivity contribution >= 4 is 6.21 Å². The first-order valence-electron chi connectivity index (χ1n) is 4.28. The molecule has 0 radical (unpaired) electrons. The molecule has 1 rings (SSSR count). The van der Waals surface area contributed by atoms with E-state index in [0.717, 1.165) is 18.0 Å². The van der Waals surface area contributed by atoms with E-state index in [9.17, 15) is 4.39 Å². The second-order valence-corrected chi connectivity index (χ2v) is 4.08. The lowest BCUT2D eigenvalue weighted by molar-refractivity contribution is 0.321. The van der Waals surface area contributed by atoms with Crippen molar-refractivity contribution in [3.63, 3.8) is 0 Å². The second kappa shape index (κ2) is 3.74. The van der Waals surface area contributed by atoms with Gasteiger partial charge < -0.3 is 5.21 Å². The van der Waals surface area contributed by atoms with Crippen molar-refractivity contribution in [2.75, 3.05) is 0 Å². The number of hydrogen-bond donors (Lipinski definition) is 1. The van der Waals surface area contributed by atoms with Crippen LogP contribution in [0.4, 0.5) is 4.39 Å².